The van der Waals surface area contributed by atoms with Crippen LogP contribution in [0.3, 0.4) is 0 Å². The quantitative estimate of drug-likeness (QED) is 0.0100. The molecule has 16 N–H and O–H groups in total. The van der Waals surface area contributed by atoms with Gasteiger partial charge in [0.15, 0.2) is 5.96 Å². The van der Waals surface area contributed by atoms with E-state index in [0.717, 1.165) is 54.8 Å². The molecule has 0 radical (unpaired) electrons. The second-order valence-electron chi connectivity index (χ2n) is 20.1. The number of benzene rings is 2. The number of hydrogen-bond acceptors (Lipinski definition) is 12. The lowest BCUT2D eigenvalue weighted by Gasteiger charge is -2.27. The normalized spacial score (nSPS) is 13.0. The second-order valence-corrected chi connectivity index (χ2v) is 20.1. The highest BCUT2D eigenvalue weighted by molar-refractivity contribution is 6.26. The van der Waals surface area contributed by atoms with Crippen LogP contribution in [0, 0.1) is 0 Å². The van der Waals surface area contributed by atoms with Gasteiger partial charge in [-0.15, -0.1) is 0 Å². The summed E-state index contributed by atoms with van der Waals surface area (Å²) in [6, 6.07) is 10.0. The first-order valence-electron chi connectivity index (χ1n) is 28.5. The number of nitrogens with one attached hydrogen (secondary N) is 10. The van der Waals surface area contributed by atoms with E-state index in [1.165, 1.54) is 58.0 Å². The van der Waals surface area contributed by atoms with Crippen molar-refractivity contribution in [3.05, 3.63) is 102 Å². The molecule has 4 aromatic rings. The van der Waals surface area contributed by atoms with Crippen molar-refractivity contribution >= 4 is 70.3 Å². The molecule has 4 rings (SSSR count). The number of aromatic nitrogens is 3. The molecule has 2 aromatic carbocycles. The molecule has 0 spiro atoms. The summed E-state index contributed by atoms with van der Waals surface area (Å²) in [6.07, 6.45) is 24.0. The van der Waals surface area contributed by atoms with Crippen molar-refractivity contribution in [2.45, 2.75) is 160 Å². The fourth-order valence-corrected chi connectivity index (χ4v) is 8.76. The number of guanidine groups is 1. The Morgan fingerprint density at radius 1 is 0.634 bits per heavy atom. The maximum Gasteiger partial charge on any atom is 0.264 e. The summed E-state index contributed by atoms with van der Waals surface area (Å²) in [5.41, 5.74) is 22.0. The lowest BCUT2D eigenvalue weighted by Crippen LogP contribution is -2.59. The third-order valence-electron chi connectivity index (χ3n) is 13.3. The summed E-state index contributed by atoms with van der Waals surface area (Å²) in [5.74, 6) is -5.18. The predicted octanol–water partition coefficient (Wildman–Crippen LogP) is 2.36. The van der Waals surface area contributed by atoms with Gasteiger partial charge in [-0.05, 0) is 75.5 Å². The Labute approximate surface area is 480 Å². The van der Waals surface area contributed by atoms with Gasteiger partial charge >= 0.3 is 0 Å². The van der Waals surface area contributed by atoms with Crippen LogP contribution in [0.4, 0.5) is 0 Å². The van der Waals surface area contributed by atoms with E-state index in [2.05, 4.69) is 86.8 Å². The van der Waals surface area contributed by atoms with E-state index < -0.39 is 78.1 Å². The van der Waals surface area contributed by atoms with Crippen molar-refractivity contribution in [3.8, 4) is 0 Å². The summed E-state index contributed by atoms with van der Waals surface area (Å²) in [4.78, 5) is 121. The Morgan fingerprint density at radius 3 is 1.98 bits per heavy atom. The number of H-pyrrole nitrogens is 2. The van der Waals surface area contributed by atoms with E-state index in [1.54, 1.807) is 36.5 Å². The third-order valence-corrected chi connectivity index (χ3v) is 13.3. The van der Waals surface area contributed by atoms with Gasteiger partial charge < -0.3 is 69.8 Å². The zero-order chi connectivity index (χ0) is 59.3. The average molecular weight is 1140 g/mol. The van der Waals surface area contributed by atoms with Crippen molar-refractivity contribution in [2.75, 3.05) is 26.2 Å². The number of aromatic amines is 2. The Morgan fingerprint density at radius 2 is 1.27 bits per heavy atom. The van der Waals surface area contributed by atoms with E-state index in [1.807, 2.05) is 24.3 Å². The SMILES string of the molecule is CCCCCC/C=C\CCCCCCCC(=O)NCCCNC(=O)/C=N/NCC(=O)N[C@@H](C)C(=O)N[C@@H](Cc1cnc[nH]1)C(=O)N[C@H](Cc1ccccc1)C(=O)N[C@@H](CCCN=C(N)N)C(=O)N[C@@H](Cc1c[nH]c2ccccc12)C(N)=O. The number of primary amides is 1. The van der Waals surface area contributed by atoms with Gasteiger partial charge in [-0.25, -0.2) is 4.98 Å². The standard InChI is InChI=1S/C58H86N16O8/c1-3-4-5-6-7-8-9-10-11-12-13-14-18-28-50(75)63-30-22-31-64-51(76)37-68-69-38-52(77)70-40(2)54(79)73-49(34-43-36-62-39-67-43)57(82)74-48(32-41-23-16-15-17-24-41)56(81)71-46(27-21-29-65-58(60)61)55(80)72-47(53(59)78)33-42-35-66-45-26-20-19-25-44(42)45/h8-9,15-17,19-20,23-26,35-37,39-40,46-49,66,69H,3-7,10-14,18,21-22,27-34,38H2,1-2H3,(H2,59,78)(H,62,67)(H,63,75)(H,64,76)(H,70,77)(H,71,81)(H,72,80)(H,73,79)(H,74,82)(H4,60,61,65)/b9-8-,68-37+/t40-,46-,47-,48+,49-/m0/s1. The van der Waals surface area contributed by atoms with Crippen LogP contribution in [0.5, 0.6) is 0 Å². The summed E-state index contributed by atoms with van der Waals surface area (Å²) >= 11 is 0. The molecule has 5 atom stereocenters. The van der Waals surface area contributed by atoms with Crippen LogP contribution >= 0.6 is 0 Å². The minimum atomic E-state index is -1.32. The molecule has 0 aliphatic heterocycles. The molecule has 446 valence electrons. The smallest absolute Gasteiger partial charge is 0.264 e. The van der Waals surface area contributed by atoms with Gasteiger partial charge in [0.25, 0.3) is 5.91 Å². The highest BCUT2D eigenvalue weighted by Crippen LogP contribution is 2.19. The zero-order valence-electron chi connectivity index (χ0n) is 47.4. The number of nitrogens with two attached hydrogens (primary N) is 3. The molecule has 0 saturated carbocycles. The molecule has 24 heteroatoms. The lowest BCUT2D eigenvalue weighted by atomic mass is 10.0. The average Bonchev–Trinajstić information content (AvgIpc) is 4.21. The first-order valence-corrected chi connectivity index (χ1v) is 28.5. The molecule has 0 unspecified atom stereocenters. The monoisotopic (exact) mass is 1130 g/mol. The van der Waals surface area contributed by atoms with Gasteiger partial charge in [0, 0.05) is 74.3 Å². The fraction of sp³-hybridized carbons (Fsp3) is 0.500. The van der Waals surface area contributed by atoms with Crippen LogP contribution in [0.1, 0.15) is 127 Å². The molecule has 24 nitrogen and oxygen atoms in total. The number of hydrazone groups is 1. The van der Waals surface area contributed by atoms with Crippen molar-refractivity contribution in [1.82, 2.24) is 57.6 Å². The summed E-state index contributed by atoms with van der Waals surface area (Å²) in [7, 11) is 0. The topological polar surface area (TPSA) is 380 Å². The minimum absolute atomic E-state index is 0.0138. The maximum absolute atomic E-state index is 14.4. The summed E-state index contributed by atoms with van der Waals surface area (Å²) in [5, 5.41) is 23.5. The van der Waals surface area contributed by atoms with E-state index in [9.17, 15) is 38.4 Å². The first-order chi connectivity index (χ1) is 39.6. The Kier molecular flexibility index (Phi) is 30.7. The molecule has 0 aliphatic carbocycles. The van der Waals surface area contributed by atoms with Gasteiger partial charge in [-0.1, -0.05) is 106 Å². The number of imidazole rings is 1. The fourth-order valence-electron chi connectivity index (χ4n) is 8.76. The van der Waals surface area contributed by atoms with Crippen LogP contribution in [-0.4, -0.2) is 131 Å². The summed E-state index contributed by atoms with van der Waals surface area (Å²) < 4.78 is 0. The molecule has 82 heavy (non-hydrogen) atoms. The van der Waals surface area contributed by atoms with Crippen molar-refractivity contribution in [2.24, 2.45) is 27.3 Å². The molecule has 8 amide bonds. The van der Waals surface area contributed by atoms with E-state index in [0.29, 0.717) is 37.2 Å². The van der Waals surface area contributed by atoms with Gasteiger partial charge in [0.05, 0.1) is 6.33 Å². The highest BCUT2D eigenvalue weighted by atomic mass is 16.2. The number of unbranched alkanes of at least 4 members (excludes halogenated alkanes) is 9. The van der Waals surface area contributed by atoms with Gasteiger partial charge in [0.2, 0.25) is 41.4 Å². The van der Waals surface area contributed by atoms with Gasteiger partial charge in [-0.3, -0.25) is 43.3 Å². The number of allylic oxidation sites excluding steroid dienone is 2. The van der Waals surface area contributed by atoms with Crippen LogP contribution in [0.2, 0.25) is 0 Å². The molecule has 2 aromatic heterocycles. The molecular formula is C58H86N16O8. The van der Waals surface area contributed by atoms with Crippen molar-refractivity contribution in [1.29, 1.82) is 0 Å². The lowest BCUT2D eigenvalue weighted by molar-refractivity contribution is -0.135. The Bertz CT molecular complexity index is 2690. The number of rotatable bonds is 41. The Balaban J connectivity index is 1.26. The van der Waals surface area contributed by atoms with Gasteiger partial charge in [-0.2, -0.15) is 5.10 Å². The molecular weight excluding hydrogens is 1050 g/mol. The third kappa shape index (κ3) is 26.6. The second kappa shape index (κ2) is 38.1. The number of amides is 8. The number of fused-ring (bicyclic) bond motifs is 1. The number of carbonyl (C=O) groups excluding carboxylic acids is 8. The van der Waals surface area contributed by atoms with Crippen LogP contribution in [0.15, 0.2) is 95.6 Å². The maximum atomic E-state index is 14.4. The number of hydrogen-bond donors (Lipinski definition) is 13. The number of carbonyl (C=O) groups is 8. The molecule has 0 aliphatic rings. The van der Waals surface area contributed by atoms with Crippen LogP contribution in [-0.2, 0) is 57.6 Å². The number of nitrogens with zero attached hydrogens (tertiary/aromatic N) is 3. The largest absolute Gasteiger partial charge is 0.370 e. The minimum Gasteiger partial charge on any atom is -0.370 e. The van der Waals surface area contributed by atoms with E-state index in [-0.39, 0.29) is 50.5 Å². The van der Waals surface area contributed by atoms with Crippen LogP contribution < -0.4 is 59.8 Å². The first kappa shape index (κ1) is 65.9. The number of aliphatic imine (C=N–C) groups is 1. The predicted molar refractivity (Wildman–Crippen MR) is 316 cm³/mol. The zero-order valence-corrected chi connectivity index (χ0v) is 47.4. The Hall–Kier alpha value is -8.57. The van der Waals surface area contributed by atoms with Crippen LogP contribution in [0.25, 0.3) is 10.9 Å². The number of para-hydroxylation sites is 1. The molecule has 2 heterocycles. The summed E-state index contributed by atoms with van der Waals surface area (Å²) in [6.45, 7) is 4.04. The van der Waals surface area contributed by atoms with E-state index in [4.69, 9.17) is 17.2 Å². The molecule has 0 bridgehead atoms. The highest BCUT2D eigenvalue weighted by Gasteiger charge is 2.32. The van der Waals surface area contributed by atoms with Crippen molar-refractivity contribution < 1.29 is 38.4 Å². The van der Waals surface area contributed by atoms with Crippen molar-refractivity contribution in [3.63, 3.8) is 0 Å². The molecule has 0 saturated heterocycles. The van der Waals surface area contributed by atoms with E-state index >= 15 is 0 Å². The molecule has 0 fully saturated rings. The van der Waals surface area contributed by atoms with Gasteiger partial charge in [0.1, 0.15) is 43.0 Å².